The van der Waals surface area contributed by atoms with E-state index in [9.17, 15) is 19.5 Å². The van der Waals surface area contributed by atoms with Crippen LogP contribution in [0.5, 0.6) is 0 Å². The molecule has 5 N–H and O–H groups in total. The van der Waals surface area contributed by atoms with Crippen molar-refractivity contribution < 1.29 is 19.5 Å². The lowest BCUT2D eigenvalue weighted by Gasteiger charge is -2.25. The van der Waals surface area contributed by atoms with E-state index in [-0.39, 0.29) is 0 Å². The average Bonchev–Trinajstić information content (AvgIpc) is 2.75. The Kier molecular flexibility index (Phi) is 8.36. The van der Waals surface area contributed by atoms with Gasteiger partial charge in [0.15, 0.2) is 6.10 Å². The second-order valence-electron chi connectivity index (χ2n) is 6.78. The predicted octanol–water partition coefficient (Wildman–Crippen LogP) is 1.68. The van der Waals surface area contributed by atoms with Crippen molar-refractivity contribution in [2.45, 2.75) is 44.4 Å². The summed E-state index contributed by atoms with van der Waals surface area (Å²) in [5.41, 5.74) is 6.33. The largest absolute Gasteiger partial charge is 0.381 e. The molecule has 0 unspecified atom stereocenters. The van der Waals surface area contributed by atoms with Crippen LogP contribution in [0.15, 0.2) is 60.7 Å². The van der Waals surface area contributed by atoms with Gasteiger partial charge in [-0.3, -0.25) is 14.4 Å². The number of carbonyl (C=O) groups is 3. The summed E-state index contributed by atoms with van der Waals surface area (Å²) in [6.07, 6.45) is 0.323. The first-order chi connectivity index (χ1) is 13.9. The second-order valence-corrected chi connectivity index (χ2v) is 6.78. The Hall–Kier alpha value is -3.19. The molecule has 0 saturated carbocycles. The van der Waals surface area contributed by atoms with Gasteiger partial charge < -0.3 is 21.5 Å². The predicted molar refractivity (Wildman–Crippen MR) is 110 cm³/mol. The maximum atomic E-state index is 12.6. The molecule has 2 aromatic carbocycles. The van der Waals surface area contributed by atoms with Crippen LogP contribution in [0.1, 0.15) is 48.1 Å². The molecule has 154 valence electrons. The zero-order chi connectivity index (χ0) is 21.2. The fourth-order valence-corrected chi connectivity index (χ4v) is 2.92. The number of aliphatic hydroxyl groups excluding tert-OH is 1. The number of carbonyl (C=O) groups excluding carboxylic acids is 3. The standard InChI is InChI=1S/C22H27N3O4/c1-2-3-14-17(20(23)27)24-22(29)19(26)18(15-10-6-4-7-11-15)25-21(28)16-12-8-5-9-13-16/h4-13,17-19,26H,2-3,14H2,1H3,(H2,23,27)(H,24,29)(H,25,28)/t17-,18-,19+/m0/s1. The monoisotopic (exact) mass is 397 g/mol. The minimum absolute atomic E-state index is 0.386. The molecule has 2 aromatic rings. The van der Waals surface area contributed by atoms with Gasteiger partial charge in [-0.15, -0.1) is 0 Å². The molecule has 0 saturated heterocycles. The van der Waals surface area contributed by atoms with E-state index in [2.05, 4.69) is 10.6 Å². The van der Waals surface area contributed by atoms with Crippen molar-refractivity contribution in [3.8, 4) is 0 Å². The summed E-state index contributed by atoms with van der Waals surface area (Å²) in [7, 11) is 0. The van der Waals surface area contributed by atoms with Crippen LogP contribution in [0.3, 0.4) is 0 Å². The summed E-state index contributed by atoms with van der Waals surface area (Å²) in [4.78, 5) is 36.9. The highest BCUT2D eigenvalue weighted by Gasteiger charge is 2.31. The Bertz CT molecular complexity index is 811. The number of amides is 3. The highest BCUT2D eigenvalue weighted by molar-refractivity contribution is 5.95. The van der Waals surface area contributed by atoms with Gasteiger partial charge in [0.2, 0.25) is 5.91 Å². The Morgan fingerprint density at radius 1 is 0.966 bits per heavy atom. The molecule has 29 heavy (non-hydrogen) atoms. The first kappa shape index (κ1) is 22.1. The molecule has 0 aliphatic heterocycles. The van der Waals surface area contributed by atoms with E-state index in [4.69, 9.17) is 5.73 Å². The van der Waals surface area contributed by atoms with Gasteiger partial charge in [-0.25, -0.2) is 0 Å². The van der Waals surface area contributed by atoms with E-state index < -0.39 is 35.9 Å². The number of rotatable bonds is 10. The van der Waals surface area contributed by atoms with E-state index >= 15 is 0 Å². The summed E-state index contributed by atoms with van der Waals surface area (Å²) in [5, 5.41) is 15.9. The van der Waals surface area contributed by atoms with E-state index in [1.54, 1.807) is 60.7 Å². The number of unbranched alkanes of at least 4 members (excludes halogenated alkanes) is 1. The lowest BCUT2D eigenvalue weighted by atomic mass is 9.99. The third-order valence-corrected chi connectivity index (χ3v) is 4.57. The van der Waals surface area contributed by atoms with E-state index in [0.717, 1.165) is 6.42 Å². The van der Waals surface area contributed by atoms with Crippen LogP contribution in [0.2, 0.25) is 0 Å². The van der Waals surface area contributed by atoms with E-state index in [1.807, 2.05) is 6.92 Å². The molecule has 0 spiro atoms. The number of benzene rings is 2. The molecule has 0 aromatic heterocycles. The van der Waals surface area contributed by atoms with Crippen LogP contribution in [-0.4, -0.2) is 35.0 Å². The minimum Gasteiger partial charge on any atom is -0.381 e. The van der Waals surface area contributed by atoms with Crippen molar-refractivity contribution in [3.05, 3.63) is 71.8 Å². The van der Waals surface area contributed by atoms with Gasteiger partial charge in [-0.1, -0.05) is 68.3 Å². The summed E-state index contributed by atoms with van der Waals surface area (Å²) < 4.78 is 0. The number of aliphatic hydroxyl groups is 1. The molecule has 0 heterocycles. The van der Waals surface area contributed by atoms with Gasteiger partial charge >= 0.3 is 0 Å². The smallest absolute Gasteiger partial charge is 0.252 e. The quantitative estimate of drug-likeness (QED) is 0.487. The topological polar surface area (TPSA) is 122 Å². The highest BCUT2D eigenvalue weighted by atomic mass is 16.3. The molecular weight excluding hydrogens is 370 g/mol. The molecule has 7 heteroatoms. The fourth-order valence-electron chi connectivity index (χ4n) is 2.92. The van der Waals surface area contributed by atoms with Crippen molar-refractivity contribution in [3.63, 3.8) is 0 Å². The molecule has 0 aliphatic rings. The molecule has 3 atom stereocenters. The van der Waals surface area contributed by atoms with E-state index in [0.29, 0.717) is 24.0 Å². The molecular formula is C22H27N3O4. The Balaban J connectivity index is 2.20. The zero-order valence-corrected chi connectivity index (χ0v) is 16.4. The van der Waals surface area contributed by atoms with Gasteiger partial charge in [0.1, 0.15) is 6.04 Å². The maximum Gasteiger partial charge on any atom is 0.252 e. The van der Waals surface area contributed by atoms with Crippen molar-refractivity contribution in [1.29, 1.82) is 0 Å². The van der Waals surface area contributed by atoms with Gasteiger partial charge in [0.25, 0.3) is 11.8 Å². The number of nitrogens with two attached hydrogens (primary N) is 1. The van der Waals surface area contributed by atoms with Crippen LogP contribution in [0.4, 0.5) is 0 Å². The van der Waals surface area contributed by atoms with Crippen molar-refractivity contribution in [1.82, 2.24) is 10.6 Å². The summed E-state index contributed by atoms with van der Waals surface area (Å²) in [5.74, 6) is -1.86. The Morgan fingerprint density at radius 3 is 2.10 bits per heavy atom. The SMILES string of the molecule is CCCC[C@H](NC(=O)[C@H](O)[C@@H](NC(=O)c1ccccc1)c1ccccc1)C(N)=O. The number of nitrogens with one attached hydrogen (secondary N) is 2. The van der Waals surface area contributed by atoms with E-state index in [1.165, 1.54) is 0 Å². The van der Waals surface area contributed by atoms with Gasteiger partial charge in [-0.2, -0.15) is 0 Å². The number of primary amides is 1. The Labute approximate surface area is 170 Å². The van der Waals surface area contributed by atoms with Gasteiger partial charge in [-0.05, 0) is 24.1 Å². The van der Waals surface area contributed by atoms with Crippen molar-refractivity contribution in [2.75, 3.05) is 0 Å². The first-order valence-corrected chi connectivity index (χ1v) is 9.62. The normalized spacial score (nSPS) is 13.7. The summed E-state index contributed by atoms with van der Waals surface area (Å²) in [6.45, 7) is 1.96. The minimum atomic E-state index is -1.60. The summed E-state index contributed by atoms with van der Waals surface area (Å²) >= 11 is 0. The van der Waals surface area contributed by atoms with Crippen LogP contribution in [-0.2, 0) is 9.59 Å². The van der Waals surface area contributed by atoms with Crippen LogP contribution >= 0.6 is 0 Å². The molecule has 7 nitrogen and oxygen atoms in total. The van der Waals surface area contributed by atoms with Crippen molar-refractivity contribution in [2.24, 2.45) is 5.73 Å². The molecule has 2 rings (SSSR count). The number of hydrogen-bond acceptors (Lipinski definition) is 4. The molecule has 0 bridgehead atoms. The zero-order valence-electron chi connectivity index (χ0n) is 16.4. The fraction of sp³-hybridized carbons (Fsp3) is 0.318. The second kappa shape index (κ2) is 11.0. The molecule has 0 fully saturated rings. The van der Waals surface area contributed by atoms with Crippen LogP contribution < -0.4 is 16.4 Å². The molecule has 0 aliphatic carbocycles. The third kappa shape index (κ3) is 6.43. The molecule has 0 radical (unpaired) electrons. The highest BCUT2D eigenvalue weighted by Crippen LogP contribution is 2.18. The van der Waals surface area contributed by atoms with Gasteiger partial charge in [0, 0.05) is 5.56 Å². The lowest BCUT2D eigenvalue weighted by Crippen LogP contribution is -2.51. The maximum absolute atomic E-state index is 12.6. The number of hydrogen-bond donors (Lipinski definition) is 4. The lowest BCUT2D eigenvalue weighted by molar-refractivity contribution is -0.134. The molecule has 3 amide bonds. The average molecular weight is 397 g/mol. The first-order valence-electron chi connectivity index (χ1n) is 9.62. The van der Waals surface area contributed by atoms with Crippen LogP contribution in [0, 0.1) is 0 Å². The van der Waals surface area contributed by atoms with Gasteiger partial charge in [0.05, 0.1) is 6.04 Å². The van der Waals surface area contributed by atoms with Crippen molar-refractivity contribution >= 4 is 17.7 Å². The Morgan fingerprint density at radius 2 is 1.55 bits per heavy atom. The summed E-state index contributed by atoms with van der Waals surface area (Å²) in [6, 6.07) is 15.3. The van der Waals surface area contributed by atoms with Crippen LogP contribution in [0.25, 0.3) is 0 Å². The third-order valence-electron chi connectivity index (χ3n) is 4.57.